The molecule has 1 fully saturated rings. The summed E-state index contributed by atoms with van der Waals surface area (Å²) in [6, 6.07) is 12.5. The Balaban J connectivity index is 1.23. The van der Waals surface area contributed by atoms with Crippen molar-refractivity contribution in [1.82, 2.24) is 30.1 Å². The molecule has 212 valence electrons. The molecule has 11 heteroatoms. The molecule has 0 saturated carbocycles. The standard InChI is InChI=1S/C29H32F4N6O/c1-3-29(33,4-2)18-38-12-10-19(11-13-38)20-6-5-7-21(14-20)25-17-39(37-34-25)16-23-9-8-22(15-24(23)30)27-35-36-28(40-27)26(31)32/h5-9,14-15,17,19,26H,3-4,10-13,16,18H2,1-2H3. The number of alkyl halides is 3. The summed E-state index contributed by atoms with van der Waals surface area (Å²) in [4.78, 5) is 2.24. The average Bonchev–Trinajstić information content (AvgIpc) is 3.65. The number of aromatic nitrogens is 5. The molecule has 0 N–H and O–H groups in total. The first-order valence-electron chi connectivity index (χ1n) is 13.6. The molecule has 1 aliphatic heterocycles. The van der Waals surface area contributed by atoms with E-state index >= 15 is 0 Å². The van der Waals surface area contributed by atoms with Crippen LogP contribution in [0.4, 0.5) is 17.6 Å². The van der Waals surface area contributed by atoms with Gasteiger partial charge in [0, 0.05) is 23.2 Å². The molecule has 5 rings (SSSR count). The van der Waals surface area contributed by atoms with Crippen molar-refractivity contribution in [3.8, 4) is 22.7 Å². The summed E-state index contributed by atoms with van der Waals surface area (Å²) in [5.41, 5.74) is 2.27. The molecule has 0 bridgehead atoms. The molecule has 40 heavy (non-hydrogen) atoms. The molecule has 4 aromatic rings. The summed E-state index contributed by atoms with van der Waals surface area (Å²) < 4.78 is 61.5. The molecule has 3 heterocycles. The highest BCUT2D eigenvalue weighted by Crippen LogP contribution is 2.32. The van der Waals surface area contributed by atoms with E-state index in [2.05, 4.69) is 37.5 Å². The molecule has 0 spiro atoms. The van der Waals surface area contributed by atoms with Crippen LogP contribution in [0.3, 0.4) is 0 Å². The van der Waals surface area contributed by atoms with Crippen LogP contribution in [-0.2, 0) is 6.54 Å². The summed E-state index contributed by atoms with van der Waals surface area (Å²) in [6.07, 6.45) is 1.89. The average molecular weight is 557 g/mol. The van der Waals surface area contributed by atoms with Crippen LogP contribution < -0.4 is 0 Å². The minimum absolute atomic E-state index is 0.134. The van der Waals surface area contributed by atoms with E-state index in [9.17, 15) is 17.6 Å². The number of rotatable bonds is 10. The minimum atomic E-state index is -2.89. The number of nitrogens with zero attached hydrogens (tertiary/aromatic N) is 6. The molecule has 0 amide bonds. The molecule has 0 atom stereocenters. The van der Waals surface area contributed by atoms with Gasteiger partial charge in [-0.25, -0.2) is 13.5 Å². The van der Waals surface area contributed by atoms with Crippen LogP contribution in [0.2, 0.25) is 0 Å². The second-order valence-electron chi connectivity index (χ2n) is 10.4. The Morgan fingerprint density at radius 1 is 1.00 bits per heavy atom. The van der Waals surface area contributed by atoms with Crippen molar-refractivity contribution in [3.05, 3.63) is 71.5 Å². The minimum Gasteiger partial charge on any atom is -0.415 e. The van der Waals surface area contributed by atoms with Crippen molar-refractivity contribution in [2.45, 2.75) is 64.1 Å². The van der Waals surface area contributed by atoms with Crippen molar-refractivity contribution in [3.63, 3.8) is 0 Å². The summed E-state index contributed by atoms with van der Waals surface area (Å²) in [5, 5.41) is 15.3. The Morgan fingerprint density at radius 2 is 1.77 bits per heavy atom. The van der Waals surface area contributed by atoms with Gasteiger partial charge in [0.25, 0.3) is 5.89 Å². The third-order valence-electron chi connectivity index (χ3n) is 7.81. The quantitative estimate of drug-likeness (QED) is 0.200. The van der Waals surface area contributed by atoms with Gasteiger partial charge in [-0.3, -0.25) is 0 Å². The van der Waals surface area contributed by atoms with E-state index in [1.54, 1.807) is 10.9 Å². The maximum absolute atomic E-state index is 14.9. The second-order valence-corrected chi connectivity index (χ2v) is 10.4. The van der Waals surface area contributed by atoms with Crippen molar-refractivity contribution in [1.29, 1.82) is 0 Å². The number of halogens is 4. The fourth-order valence-electron chi connectivity index (χ4n) is 5.18. The van der Waals surface area contributed by atoms with Crippen LogP contribution >= 0.6 is 0 Å². The number of hydrogen-bond acceptors (Lipinski definition) is 6. The summed E-state index contributed by atoms with van der Waals surface area (Å²) >= 11 is 0. The van der Waals surface area contributed by atoms with Crippen molar-refractivity contribution < 1.29 is 22.0 Å². The van der Waals surface area contributed by atoms with E-state index in [0.717, 1.165) is 31.5 Å². The molecular formula is C29H32F4N6O. The van der Waals surface area contributed by atoms with Gasteiger partial charge in [0.2, 0.25) is 5.89 Å². The zero-order valence-corrected chi connectivity index (χ0v) is 22.5. The predicted octanol–water partition coefficient (Wildman–Crippen LogP) is 6.83. The van der Waals surface area contributed by atoms with Gasteiger partial charge in [0.05, 0.1) is 12.7 Å². The normalized spacial score (nSPS) is 15.3. The van der Waals surface area contributed by atoms with Crippen LogP contribution in [0, 0.1) is 5.82 Å². The lowest BCUT2D eigenvalue weighted by Crippen LogP contribution is -2.42. The van der Waals surface area contributed by atoms with E-state index in [-0.39, 0.29) is 18.0 Å². The molecule has 2 aromatic carbocycles. The van der Waals surface area contributed by atoms with Crippen molar-refractivity contribution in [2.24, 2.45) is 0 Å². The molecule has 2 aromatic heterocycles. The Morgan fingerprint density at radius 3 is 2.45 bits per heavy atom. The van der Waals surface area contributed by atoms with E-state index in [1.807, 2.05) is 26.0 Å². The topological polar surface area (TPSA) is 72.9 Å². The lowest BCUT2D eigenvalue weighted by atomic mass is 9.87. The Hall–Kier alpha value is -3.60. The van der Waals surface area contributed by atoms with Crippen LogP contribution in [0.25, 0.3) is 22.7 Å². The van der Waals surface area contributed by atoms with Crippen LogP contribution in [0.1, 0.15) is 68.9 Å². The van der Waals surface area contributed by atoms with E-state index in [4.69, 9.17) is 4.42 Å². The largest absolute Gasteiger partial charge is 0.415 e. The predicted molar refractivity (Wildman–Crippen MR) is 142 cm³/mol. The number of hydrogen-bond donors (Lipinski definition) is 0. The molecule has 0 aliphatic carbocycles. The Labute approximate surface area is 230 Å². The SMILES string of the molecule is CCC(F)(CC)CN1CCC(c2cccc(-c3cn(Cc4ccc(-c5nnc(C(F)F)o5)cc4F)nn3)c2)CC1. The summed E-state index contributed by atoms with van der Waals surface area (Å²) in [7, 11) is 0. The highest BCUT2D eigenvalue weighted by atomic mass is 19.3. The van der Waals surface area contributed by atoms with Gasteiger partial charge in [0.1, 0.15) is 17.2 Å². The van der Waals surface area contributed by atoms with Crippen molar-refractivity contribution in [2.75, 3.05) is 19.6 Å². The maximum atomic E-state index is 14.9. The molecular weight excluding hydrogens is 524 g/mol. The molecule has 7 nitrogen and oxygen atoms in total. The number of likely N-dealkylation sites (tertiary alicyclic amines) is 1. The van der Waals surface area contributed by atoms with Gasteiger partial charge < -0.3 is 9.32 Å². The first-order chi connectivity index (χ1) is 19.3. The monoisotopic (exact) mass is 556 g/mol. The van der Waals surface area contributed by atoms with E-state index in [1.165, 1.54) is 23.8 Å². The zero-order valence-electron chi connectivity index (χ0n) is 22.5. The number of piperidine rings is 1. The van der Waals surface area contributed by atoms with Gasteiger partial charge in [-0.15, -0.1) is 15.3 Å². The Kier molecular flexibility index (Phi) is 8.30. The Bertz CT molecular complexity index is 1430. The zero-order chi connectivity index (χ0) is 28.3. The van der Waals surface area contributed by atoms with Gasteiger partial charge in [-0.1, -0.05) is 43.3 Å². The van der Waals surface area contributed by atoms with E-state index in [0.29, 0.717) is 36.6 Å². The molecule has 1 aliphatic rings. The van der Waals surface area contributed by atoms with Crippen LogP contribution in [0.15, 0.2) is 53.1 Å². The third-order valence-corrected chi connectivity index (χ3v) is 7.81. The second kappa shape index (κ2) is 11.9. The fourth-order valence-corrected chi connectivity index (χ4v) is 5.18. The molecule has 0 unspecified atom stereocenters. The lowest BCUT2D eigenvalue weighted by molar-refractivity contribution is 0.0702. The van der Waals surface area contributed by atoms with Gasteiger partial charge in [-0.05, 0) is 68.5 Å². The van der Waals surface area contributed by atoms with E-state index < -0.39 is 23.8 Å². The smallest absolute Gasteiger partial charge is 0.314 e. The highest BCUT2D eigenvalue weighted by molar-refractivity contribution is 5.59. The van der Waals surface area contributed by atoms with Crippen LogP contribution in [-0.4, -0.2) is 55.4 Å². The third kappa shape index (κ3) is 6.24. The molecule has 1 saturated heterocycles. The lowest BCUT2D eigenvalue weighted by Gasteiger charge is -2.36. The fraction of sp³-hybridized carbons (Fsp3) is 0.448. The molecule has 0 radical (unpaired) electrons. The summed E-state index contributed by atoms with van der Waals surface area (Å²) in [6.45, 7) is 6.21. The number of benzene rings is 2. The van der Waals surface area contributed by atoms with Gasteiger partial charge in [-0.2, -0.15) is 8.78 Å². The van der Waals surface area contributed by atoms with Crippen LogP contribution in [0.5, 0.6) is 0 Å². The van der Waals surface area contributed by atoms with Gasteiger partial charge in [0.15, 0.2) is 0 Å². The first kappa shape index (κ1) is 27.9. The highest BCUT2D eigenvalue weighted by Gasteiger charge is 2.30. The van der Waals surface area contributed by atoms with Crippen molar-refractivity contribution >= 4 is 0 Å². The van der Waals surface area contributed by atoms with Gasteiger partial charge >= 0.3 is 6.43 Å². The first-order valence-corrected chi connectivity index (χ1v) is 13.6. The summed E-state index contributed by atoms with van der Waals surface area (Å²) in [5.74, 6) is -1.14. The maximum Gasteiger partial charge on any atom is 0.314 e.